The molecule has 0 aliphatic heterocycles. The fraction of sp³-hybridized carbons (Fsp3) is 0.261. The molecule has 2 aromatic carbocycles. The second-order valence-electron chi connectivity index (χ2n) is 6.85. The molecule has 1 heterocycles. The van der Waals surface area contributed by atoms with E-state index < -0.39 is 11.7 Å². The van der Waals surface area contributed by atoms with Gasteiger partial charge in [-0.3, -0.25) is 9.59 Å². The fourth-order valence-electron chi connectivity index (χ4n) is 3.43. The minimum Gasteiger partial charge on any atom is -0.342 e. The van der Waals surface area contributed by atoms with Crippen molar-refractivity contribution >= 4 is 11.7 Å². The number of carbonyl (C=O) groups is 2. The number of hydrogen-bond donors (Lipinski definition) is 1. The number of nitrogens with zero attached hydrogens (tertiary/aromatic N) is 2. The van der Waals surface area contributed by atoms with E-state index in [1.165, 1.54) is 0 Å². The van der Waals surface area contributed by atoms with Gasteiger partial charge in [-0.2, -0.15) is 5.10 Å². The molecule has 1 atom stereocenters. The first-order valence-electron chi connectivity index (χ1n) is 9.54. The summed E-state index contributed by atoms with van der Waals surface area (Å²) >= 11 is 0. The molecule has 28 heavy (non-hydrogen) atoms. The number of benzene rings is 2. The van der Waals surface area contributed by atoms with Gasteiger partial charge in [-0.05, 0) is 38.0 Å². The van der Waals surface area contributed by atoms with E-state index >= 15 is 0 Å². The minimum atomic E-state index is -0.596. The van der Waals surface area contributed by atoms with Crippen LogP contribution in [0.3, 0.4) is 0 Å². The monoisotopic (exact) mass is 375 g/mol. The van der Waals surface area contributed by atoms with Crippen molar-refractivity contribution in [1.82, 2.24) is 15.1 Å². The third kappa shape index (κ3) is 4.03. The van der Waals surface area contributed by atoms with Crippen LogP contribution in [0.5, 0.6) is 0 Å². The van der Waals surface area contributed by atoms with Crippen LogP contribution in [0.2, 0.25) is 0 Å². The van der Waals surface area contributed by atoms with E-state index in [0.717, 1.165) is 24.1 Å². The highest BCUT2D eigenvalue weighted by Crippen LogP contribution is 2.21. The summed E-state index contributed by atoms with van der Waals surface area (Å²) in [6, 6.07) is 19.1. The molecule has 3 rings (SSSR count). The highest BCUT2D eigenvalue weighted by Gasteiger charge is 2.27. The van der Waals surface area contributed by atoms with Gasteiger partial charge in [0.15, 0.2) is 0 Å². The van der Waals surface area contributed by atoms with Gasteiger partial charge in [-0.15, -0.1) is 0 Å². The Morgan fingerprint density at radius 2 is 1.61 bits per heavy atom. The van der Waals surface area contributed by atoms with Gasteiger partial charge in [-0.1, -0.05) is 61.9 Å². The van der Waals surface area contributed by atoms with E-state index in [4.69, 9.17) is 0 Å². The molecule has 1 unspecified atom stereocenters. The van der Waals surface area contributed by atoms with E-state index in [1.54, 1.807) is 11.6 Å². The molecule has 1 N–H and O–H groups in total. The summed E-state index contributed by atoms with van der Waals surface area (Å²) in [6.07, 6.45) is 1.67. The molecule has 0 spiro atoms. The number of aryl methyl sites for hydroxylation is 1. The maximum absolute atomic E-state index is 12.9. The van der Waals surface area contributed by atoms with Crippen molar-refractivity contribution in [1.29, 1.82) is 0 Å². The third-order valence-electron chi connectivity index (χ3n) is 4.81. The standard InChI is InChI=1S/C23H25N3O2/c1-4-11-20(18-12-7-5-8-13-18)24-23(28)22(27)21-16(2)25-26(17(21)3)19-14-9-6-10-15-19/h5-10,12-15,20H,4,11H2,1-3H3,(H,24,28). The predicted octanol–water partition coefficient (Wildman–Crippen LogP) is 4.33. The summed E-state index contributed by atoms with van der Waals surface area (Å²) < 4.78 is 1.70. The van der Waals surface area contributed by atoms with Gasteiger partial charge in [0.1, 0.15) is 0 Å². The van der Waals surface area contributed by atoms with Gasteiger partial charge in [0.25, 0.3) is 11.7 Å². The van der Waals surface area contributed by atoms with Gasteiger partial charge in [-0.25, -0.2) is 4.68 Å². The van der Waals surface area contributed by atoms with Crippen LogP contribution < -0.4 is 5.32 Å². The molecular weight excluding hydrogens is 350 g/mol. The van der Waals surface area contributed by atoms with Gasteiger partial charge in [0.2, 0.25) is 0 Å². The number of Topliss-reactive ketones (excluding diaryl/α,β-unsaturated/α-hetero) is 1. The smallest absolute Gasteiger partial charge is 0.293 e. The summed E-state index contributed by atoms with van der Waals surface area (Å²) in [5.41, 5.74) is 3.43. The molecule has 0 saturated heterocycles. The number of amides is 1. The Morgan fingerprint density at radius 3 is 2.21 bits per heavy atom. The summed E-state index contributed by atoms with van der Waals surface area (Å²) in [5, 5.41) is 7.38. The number of carbonyl (C=O) groups excluding carboxylic acids is 2. The van der Waals surface area contributed by atoms with E-state index in [0.29, 0.717) is 17.0 Å². The number of para-hydroxylation sites is 1. The lowest BCUT2D eigenvalue weighted by atomic mass is 10.0. The maximum atomic E-state index is 12.9. The van der Waals surface area contributed by atoms with Crippen LogP contribution in [-0.2, 0) is 4.79 Å². The summed E-state index contributed by atoms with van der Waals surface area (Å²) in [4.78, 5) is 25.7. The Kier molecular flexibility index (Phi) is 6.04. The van der Waals surface area contributed by atoms with Gasteiger partial charge in [0, 0.05) is 0 Å². The van der Waals surface area contributed by atoms with Crippen LogP contribution in [0.1, 0.15) is 53.1 Å². The average molecular weight is 375 g/mol. The van der Waals surface area contributed by atoms with Crippen molar-refractivity contribution in [2.75, 3.05) is 0 Å². The zero-order chi connectivity index (χ0) is 20.1. The predicted molar refractivity (Wildman–Crippen MR) is 110 cm³/mol. The molecule has 5 nitrogen and oxygen atoms in total. The van der Waals surface area contributed by atoms with Gasteiger partial charge >= 0.3 is 0 Å². The van der Waals surface area contributed by atoms with E-state index in [2.05, 4.69) is 17.3 Å². The Morgan fingerprint density at radius 1 is 1.00 bits per heavy atom. The van der Waals surface area contributed by atoms with E-state index in [9.17, 15) is 9.59 Å². The lowest BCUT2D eigenvalue weighted by Crippen LogP contribution is -2.35. The molecule has 0 aliphatic rings. The molecule has 1 amide bonds. The van der Waals surface area contributed by atoms with Gasteiger partial charge in [0.05, 0.1) is 28.7 Å². The van der Waals surface area contributed by atoms with Crippen LogP contribution in [0.4, 0.5) is 0 Å². The number of aromatic nitrogens is 2. The van der Waals surface area contributed by atoms with Crippen molar-refractivity contribution in [2.24, 2.45) is 0 Å². The maximum Gasteiger partial charge on any atom is 0.293 e. The molecule has 0 bridgehead atoms. The Bertz CT molecular complexity index is 962. The molecule has 1 aromatic heterocycles. The normalized spacial score (nSPS) is 11.8. The van der Waals surface area contributed by atoms with Crippen molar-refractivity contribution in [3.63, 3.8) is 0 Å². The molecular formula is C23H25N3O2. The number of rotatable bonds is 7. The minimum absolute atomic E-state index is 0.188. The lowest BCUT2D eigenvalue weighted by Gasteiger charge is -2.18. The molecule has 3 aromatic rings. The van der Waals surface area contributed by atoms with Crippen molar-refractivity contribution < 1.29 is 9.59 Å². The van der Waals surface area contributed by atoms with Crippen LogP contribution >= 0.6 is 0 Å². The summed E-state index contributed by atoms with van der Waals surface area (Å²) in [7, 11) is 0. The quantitative estimate of drug-likeness (QED) is 0.494. The molecule has 0 fully saturated rings. The topological polar surface area (TPSA) is 64.0 Å². The molecule has 0 saturated carbocycles. The Hall–Kier alpha value is -3.21. The first kappa shape index (κ1) is 19.5. The molecule has 5 heteroatoms. The average Bonchev–Trinajstić information content (AvgIpc) is 3.02. The van der Waals surface area contributed by atoms with E-state index in [1.807, 2.05) is 67.6 Å². The van der Waals surface area contributed by atoms with Crippen LogP contribution in [-0.4, -0.2) is 21.5 Å². The van der Waals surface area contributed by atoms with Crippen molar-refractivity contribution in [2.45, 2.75) is 39.7 Å². The largest absolute Gasteiger partial charge is 0.342 e. The Balaban J connectivity index is 1.85. The first-order chi connectivity index (χ1) is 13.5. The summed E-state index contributed by atoms with van der Waals surface area (Å²) in [6.45, 7) is 5.63. The molecule has 0 aliphatic carbocycles. The zero-order valence-electron chi connectivity index (χ0n) is 16.5. The highest BCUT2D eigenvalue weighted by atomic mass is 16.2. The van der Waals surface area contributed by atoms with Crippen LogP contribution in [0.25, 0.3) is 5.69 Å². The third-order valence-corrected chi connectivity index (χ3v) is 4.81. The fourth-order valence-corrected chi connectivity index (χ4v) is 3.43. The van der Waals surface area contributed by atoms with Crippen LogP contribution in [0, 0.1) is 13.8 Å². The number of ketones is 1. The van der Waals surface area contributed by atoms with Gasteiger partial charge < -0.3 is 5.32 Å². The Labute approximate surface area is 165 Å². The van der Waals surface area contributed by atoms with E-state index in [-0.39, 0.29) is 6.04 Å². The van der Waals surface area contributed by atoms with Crippen molar-refractivity contribution in [3.8, 4) is 5.69 Å². The number of nitrogens with one attached hydrogen (secondary N) is 1. The number of hydrogen-bond acceptors (Lipinski definition) is 3. The van der Waals surface area contributed by atoms with Crippen molar-refractivity contribution in [3.05, 3.63) is 83.2 Å². The second-order valence-corrected chi connectivity index (χ2v) is 6.85. The second kappa shape index (κ2) is 8.65. The lowest BCUT2D eigenvalue weighted by molar-refractivity contribution is -0.117. The molecule has 144 valence electrons. The first-order valence-corrected chi connectivity index (χ1v) is 9.54. The highest BCUT2D eigenvalue weighted by molar-refractivity contribution is 6.43. The zero-order valence-corrected chi connectivity index (χ0v) is 16.5. The molecule has 0 radical (unpaired) electrons. The van der Waals surface area contributed by atoms with Crippen LogP contribution in [0.15, 0.2) is 60.7 Å². The summed E-state index contributed by atoms with van der Waals surface area (Å²) in [5.74, 6) is -1.14. The SMILES string of the molecule is CCCC(NC(=O)C(=O)c1c(C)nn(-c2ccccc2)c1C)c1ccccc1.